The van der Waals surface area contributed by atoms with Crippen LogP contribution in [0, 0.1) is 0 Å². The maximum absolute atomic E-state index is 12.2. The number of ether oxygens (including phenoxy) is 1. The summed E-state index contributed by atoms with van der Waals surface area (Å²) in [4.78, 5) is 12.2. The van der Waals surface area contributed by atoms with Crippen LogP contribution in [0.3, 0.4) is 0 Å². The van der Waals surface area contributed by atoms with Crippen LogP contribution in [0.2, 0.25) is 0 Å². The van der Waals surface area contributed by atoms with Crippen molar-refractivity contribution in [3.8, 4) is 5.75 Å². The van der Waals surface area contributed by atoms with Gasteiger partial charge in [0, 0.05) is 12.6 Å². The molecule has 26 heavy (non-hydrogen) atoms. The Hall–Kier alpha value is -2.63. The second-order valence-corrected chi connectivity index (χ2v) is 6.64. The van der Waals surface area contributed by atoms with Crippen molar-refractivity contribution in [2.24, 2.45) is 0 Å². The molecule has 1 aliphatic carbocycles. The van der Waals surface area contributed by atoms with E-state index in [1.165, 1.54) is 24.8 Å². The van der Waals surface area contributed by atoms with Crippen LogP contribution in [0.25, 0.3) is 0 Å². The zero-order valence-electron chi connectivity index (χ0n) is 15.2. The molecule has 1 amide bonds. The van der Waals surface area contributed by atoms with Gasteiger partial charge >= 0.3 is 0 Å². The van der Waals surface area contributed by atoms with E-state index in [4.69, 9.17) is 4.74 Å². The number of amides is 1. The number of aromatic nitrogens is 2. The summed E-state index contributed by atoms with van der Waals surface area (Å²) < 4.78 is 5.15. The number of methoxy groups -OCH3 is 1. The van der Waals surface area contributed by atoms with E-state index in [1.54, 1.807) is 19.2 Å². The van der Waals surface area contributed by atoms with Crippen LogP contribution in [0.1, 0.15) is 48.2 Å². The van der Waals surface area contributed by atoms with Gasteiger partial charge in [-0.05, 0) is 49.1 Å². The molecule has 0 bridgehead atoms. The second kappa shape index (κ2) is 9.17. The van der Waals surface area contributed by atoms with Gasteiger partial charge in [0.1, 0.15) is 11.6 Å². The lowest BCUT2D eigenvalue weighted by Gasteiger charge is -2.22. The Morgan fingerprint density at radius 2 is 1.85 bits per heavy atom. The van der Waals surface area contributed by atoms with Crippen LogP contribution in [0.4, 0.5) is 5.82 Å². The third-order valence-corrected chi connectivity index (χ3v) is 4.72. The number of carbonyl (C=O) groups excluding carboxylic acids is 1. The first kappa shape index (κ1) is 18.2. The van der Waals surface area contributed by atoms with Crippen molar-refractivity contribution < 1.29 is 9.53 Å². The molecule has 0 saturated heterocycles. The number of anilines is 1. The van der Waals surface area contributed by atoms with Crippen molar-refractivity contribution in [2.75, 3.05) is 19.0 Å². The number of nitrogens with zero attached hydrogens (tertiary/aromatic N) is 2. The third kappa shape index (κ3) is 5.18. The van der Waals surface area contributed by atoms with Crippen LogP contribution >= 0.6 is 0 Å². The van der Waals surface area contributed by atoms with Crippen molar-refractivity contribution >= 4 is 11.7 Å². The zero-order chi connectivity index (χ0) is 18.2. The normalized spacial score (nSPS) is 14.7. The highest BCUT2D eigenvalue weighted by molar-refractivity contribution is 5.92. The Balaban J connectivity index is 1.45. The lowest BCUT2D eigenvalue weighted by atomic mass is 9.95. The van der Waals surface area contributed by atoms with Gasteiger partial charge in [-0.2, -0.15) is 0 Å². The molecule has 1 aromatic carbocycles. The minimum absolute atomic E-state index is 0.130. The molecule has 1 aromatic heterocycles. The number of benzene rings is 1. The molecule has 6 nitrogen and oxygen atoms in total. The summed E-state index contributed by atoms with van der Waals surface area (Å²) in [6.45, 7) is 0.745. The number of hydrogen-bond donors (Lipinski definition) is 2. The van der Waals surface area contributed by atoms with Crippen molar-refractivity contribution in [1.82, 2.24) is 15.5 Å². The second-order valence-electron chi connectivity index (χ2n) is 6.64. The molecular weight excluding hydrogens is 328 g/mol. The Morgan fingerprint density at radius 1 is 1.08 bits per heavy atom. The number of hydrogen-bond acceptors (Lipinski definition) is 5. The first-order chi connectivity index (χ1) is 12.7. The summed E-state index contributed by atoms with van der Waals surface area (Å²) in [5.74, 6) is 1.40. The number of carbonyl (C=O) groups is 1. The molecule has 1 fully saturated rings. The Kier molecular flexibility index (Phi) is 6.41. The topological polar surface area (TPSA) is 76.1 Å². The van der Waals surface area contributed by atoms with Gasteiger partial charge in [-0.25, -0.2) is 0 Å². The summed E-state index contributed by atoms with van der Waals surface area (Å²) in [6.07, 6.45) is 6.63. The summed E-state index contributed by atoms with van der Waals surface area (Å²) in [5, 5.41) is 14.5. The molecule has 0 aliphatic heterocycles. The van der Waals surface area contributed by atoms with Crippen molar-refractivity contribution in [3.63, 3.8) is 0 Å². The molecule has 0 atom stereocenters. The molecule has 138 valence electrons. The van der Waals surface area contributed by atoms with E-state index < -0.39 is 0 Å². The average Bonchev–Trinajstić information content (AvgIpc) is 2.70. The molecule has 1 aliphatic rings. The molecule has 0 unspecified atom stereocenters. The first-order valence-corrected chi connectivity index (χ1v) is 9.26. The molecule has 0 spiro atoms. The van der Waals surface area contributed by atoms with Gasteiger partial charge in [-0.15, -0.1) is 10.2 Å². The highest BCUT2D eigenvalue weighted by Crippen LogP contribution is 2.17. The van der Waals surface area contributed by atoms with Gasteiger partial charge in [0.25, 0.3) is 5.91 Å². The minimum Gasteiger partial charge on any atom is -0.497 e. The van der Waals surface area contributed by atoms with Crippen molar-refractivity contribution in [3.05, 3.63) is 47.7 Å². The van der Waals surface area contributed by atoms with E-state index in [9.17, 15) is 4.79 Å². The Morgan fingerprint density at radius 3 is 2.50 bits per heavy atom. The van der Waals surface area contributed by atoms with Gasteiger partial charge in [0.05, 0.1) is 7.11 Å². The van der Waals surface area contributed by atoms with Gasteiger partial charge in [-0.3, -0.25) is 4.79 Å². The van der Waals surface area contributed by atoms with Crippen molar-refractivity contribution in [1.29, 1.82) is 0 Å². The fourth-order valence-corrected chi connectivity index (χ4v) is 3.18. The molecular formula is C20H26N4O2. The maximum atomic E-state index is 12.2. The summed E-state index contributed by atoms with van der Waals surface area (Å²) >= 11 is 0. The fourth-order valence-electron chi connectivity index (χ4n) is 3.18. The van der Waals surface area contributed by atoms with Crippen LogP contribution in [0.15, 0.2) is 36.4 Å². The van der Waals surface area contributed by atoms with Crippen LogP contribution in [-0.4, -0.2) is 35.8 Å². The molecule has 1 saturated carbocycles. The minimum atomic E-state index is -0.130. The lowest BCUT2D eigenvalue weighted by Crippen LogP contribution is -2.36. The predicted octanol–water partition coefficient (Wildman–Crippen LogP) is 3.20. The SMILES string of the molecule is COc1ccc(CCNc2ccc(C(=O)NC3CCCCC3)nn2)cc1. The largest absolute Gasteiger partial charge is 0.497 e. The van der Waals surface area contributed by atoms with E-state index >= 15 is 0 Å². The highest BCUT2D eigenvalue weighted by Gasteiger charge is 2.17. The van der Waals surface area contributed by atoms with E-state index in [0.29, 0.717) is 11.5 Å². The molecule has 2 aromatic rings. The quantitative estimate of drug-likeness (QED) is 0.798. The summed E-state index contributed by atoms with van der Waals surface area (Å²) in [7, 11) is 1.66. The maximum Gasteiger partial charge on any atom is 0.272 e. The van der Waals surface area contributed by atoms with E-state index in [0.717, 1.165) is 31.6 Å². The average molecular weight is 354 g/mol. The first-order valence-electron chi connectivity index (χ1n) is 9.26. The van der Waals surface area contributed by atoms with E-state index in [1.807, 2.05) is 24.3 Å². The van der Waals surface area contributed by atoms with Gasteiger partial charge in [0.2, 0.25) is 0 Å². The number of rotatable bonds is 7. The fraction of sp³-hybridized carbons (Fsp3) is 0.450. The van der Waals surface area contributed by atoms with Crippen molar-refractivity contribution in [2.45, 2.75) is 44.6 Å². The zero-order valence-corrected chi connectivity index (χ0v) is 15.2. The van der Waals surface area contributed by atoms with E-state index in [-0.39, 0.29) is 11.9 Å². The summed E-state index contributed by atoms with van der Waals surface area (Å²) in [6, 6.07) is 11.8. The molecule has 3 rings (SSSR count). The molecule has 1 heterocycles. The molecule has 0 radical (unpaired) electrons. The van der Waals surface area contributed by atoms with Crippen LogP contribution in [-0.2, 0) is 6.42 Å². The molecule has 6 heteroatoms. The van der Waals surface area contributed by atoms with Crippen LogP contribution in [0.5, 0.6) is 5.75 Å². The van der Waals surface area contributed by atoms with Gasteiger partial charge < -0.3 is 15.4 Å². The smallest absolute Gasteiger partial charge is 0.272 e. The monoisotopic (exact) mass is 354 g/mol. The third-order valence-electron chi connectivity index (χ3n) is 4.72. The summed E-state index contributed by atoms with van der Waals surface area (Å²) in [5.41, 5.74) is 1.59. The van der Waals surface area contributed by atoms with Gasteiger partial charge in [0.15, 0.2) is 5.69 Å². The van der Waals surface area contributed by atoms with Crippen LogP contribution < -0.4 is 15.4 Å². The highest BCUT2D eigenvalue weighted by atomic mass is 16.5. The van der Waals surface area contributed by atoms with E-state index in [2.05, 4.69) is 20.8 Å². The number of nitrogens with one attached hydrogen (secondary N) is 2. The van der Waals surface area contributed by atoms with Gasteiger partial charge in [-0.1, -0.05) is 31.4 Å². The molecule has 2 N–H and O–H groups in total. The lowest BCUT2D eigenvalue weighted by molar-refractivity contribution is 0.0921. The Bertz CT molecular complexity index is 695. The predicted molar refractivity (Wildman–Crippen MR) is 102 cm³/mol. The Labute approximate surface area is 154 Å². The standard InChI is InChI=1S/C20H26N4O2/c1-26-17-9-7-15(8-10-17)13-14-21-19-12-11-18(23-24-19)20(25)22-16-5-3-2-4-6-16/h7-12,16H,2-6,13-14H2,1H3,(H,21,24)(H,22,25).